The summed E-state index contributed by atoms with van der Waals surface area (Å²) in [5.41, 5.74) is 2.09. The molecule has 2 aromatic carbocycles. The topological polar surface area (TPSA) is 25.8 Å². The zero-order chi connectivity index (χ0) is 14.2. The fourth-order valence-corrected chi connectivity index (χ4v) is 3.28. The van der Waals surface area contributed by atoms with Crippen LogP contribution in [0.25, 0.3) is 32.8 Å². The molecule has 0 aliphatic heterocycles. The van der Waals surface area contributed by atoms with Gasteiger partial charge in [0.1, 0.15) is 0 Å². The maximum Gasteiger partial charge on any atom is 0.0798 e. The summed E-state index contributed by atoms with van der Waals surface area (Å²) in [4.78, 5) is 8.89. The van der Waals surface area contributed by atoms with E-state index in [1.54, 1.807) is 0 Å². The number of fused-ring (bicyclic) bond motifs is 2. The lowest BCUT2D eigenvalue weighted by Crippen LogP contribution is -1.89. The zero-order valence-electron chi connectivity index (χ0n) is 11.1. The molecule has 2 nitrogen and oxygen atoms in total. The van der Waals surface area contributed by atoms with Gasteiger partial charge in [-0.2, -0.15) is 0 Å². The summed E-state index contributed by atoms with van der Waals surface area (Å²) in [5, 5.41) is 4.61. The Bertz CT molecular complexity index is 953. The van der Waals surface area contributed by atoms with Gasteiger partial charge in [-0.3, -0.25) is 9.97 Å². The summed E-state index contributed by atoms with van der Waals surface area (Å²) >= 11 is 3.65. The van der Waals surface area contributed by atoms with Crippen molar-refractivity contribution >= 4 is 37.5 Å². The Morgan fingerprint density at radius 1 is 0.810 bits per heavy atom. The summed E-state index contributed by atoms with van der Waals surface area (Å²) < 4.78 is 1.06. The van der Waals surface area contributed by atoms with Crippen molar-refractivity contribution in [1.82, 2.24) is 9.97 Å². The van der Waals surface area contributed by atoms with Crippen LogP contribution in [0.2, 0.25) is 0 Å². The van der Waals surface area contributed by atoms with E-state index in [4.69, 9.17) is 0 Å². The molecule has 0 radical (unpaired) electrons. The second-order valence-electron chi connectivity index (χ2n) is 4.90. The van der Waals surface area contributed by atoms with Gasteiger partial charge in [-0.15, -0.1) is 0 Å². The van der Waals surface area contributed by atoms with Crippen molar-refractivity contribution in [1.29, 1.82) is 0 Å². The summed E-state index contributed by atoms with van der Waals surface area (Å²) in [5.74, 6) is 0. The van der Waals surface area contributed by atoms with Crippen molar-refractivity contribution in [2.75, 3.05) is 0 Å². The monoisotopic (exact) mass is 334 g/mol. The van der Waals surface area contributed by atoms with E-state index in [1.165, 1.54) is 10.8 Å². The van der Waals surface area contributed by atoms with E-state index in [0.29, 0.717) is 0 Å². The van der Waals surface area contributed by atoms with Crippen molar-refractivity contribution < 1.29 is 0 Å². The first-order chi connectivity index (χ1) is 10.3. The number of benzene rings is 2. The van der Waals surface area contributed by atoms with E-state index in [1.807, 2.05) is 36.8 Å². The minimum Gasteiger partial charge on any atom is -0.264 e. The van der Waals surface area contributed by atoms with Crippen LogP contribution in [0.15, 0.2) is 71.6 Å². The Morgan fingerprint density at radius 3 is 2.57 bits per heavy atom. The molecule has 100 valence electrons. The molecule has 0 unspecified atom stereocenters. The Kier molecular flexibility index (Phi) is 2.93. The highest BCUT2D eigenvalue weighted by Crippen LogP contribution is 2.35. The smallest absolute Gasteiger partial charge is 0.0798 e. The third-order valence-corrected chi connectivity index (χ3v) is 4.34. The molecule has 0 amide bonds. The van der Waals surface area contributed by atoms with Crippen molar-refractivity contribution in [3.05, 3.63) is 71.6 Å². The molecule has 0 aliphatic rings. The fraction of sp³-hybridized carbons (Fsp3) is 0. The van der Waals surface area contributed by atoms with Crippen LogP contribution < -0.4 is 0 Å². The van der Waals surface area contributed by atoms with E-state index in [2.05, 4.69) is 56.2 Å². The second-order valence-corrected chi connectivity index (χ2v) is 5.75. The first-order valence-corrected chi connectivity index (χ1v) is 7.50. The van der Waals surface area contributed by atoms with Gasteiger partial charge in [-0.05, 0) is 29.0 Å². The van der Waals surface area contributed by atoms with Gasteiger partial charge in [0.15, 0.2) is 0 Å². The number of halogens is 1. The number of aromatic nitrogens is 2. The maximum atomic E-state index is 4.63. The summed E-state index contributed by atoms with van der Waals surface area (Å²) in [6, 6.07) is 16.5. The molecule has 21 heavy (non-hydrogen) atoms. The Hall–Kier alpha value is -2.26. The molecule has 0 N–H and O–H groups in total. The van der Waals surface area contributed by atoms with Crippen molar-refractivity contribution in [3.8, 4) is 11.3 Å². The number of rotatable bonds is 1. The second kappa shape index (κ2) is 4.93. The molecule has 0 spiro atoms. The van der Waals surface area contributed by atoms with Crippen molar-refractivity contribution in [2.24, 2.45) is 0 Å². The van der Waals surface area contributed by atoms with E-state index in [-0.39, 0.29) is 0 Å². The van der Waals surface area contributed by atoms with Crippen LogP contribution in [-0.4, -0.2) is 9.97 Å². The molecule has 2 aromatic heterocycles. The predicted octanol–water partition coefficient (Wildman–Crippen LogP) is 5.21. The summed E-state index contributed by atoms with van der Waals surface area (Å²) in [6.45, 7) is 0. The highest BCUT2D eigenvalue weighted by Gasteiger charge is 2.11. The number of pyridine rings is 2. The van der Waals surface area contributed by atoms with Crippen LogP contribution >= 0.6 is 15.9 Å². The lowest BCUT2D eigenvalue weighted by atomic mass is 9.99. The number of nitrogens with zero attached hydrogens (tertiary/aromatic N) is 2. The van der Waals surface area contributed by atoms with E-state index in [0.717, 1.165) is 26.5 Å². The first kappa shape index (κ1) is 12.5. The first-order valence-electron chi connectivity index (χ1n) is 6.71. The molecule has 2 heterocycles. The van der Waals surface area contributed by atoms with Crippen LogP contribution in [0.3, 0.4) is 0 Å². The Morgan fingerprint density at radius 2 is 1.62 bits per heavy atom. The standard InChI is InChI=1S/C18H11BrN2/c19-16-6-2-4-13-8-10-21-18(17(13)16)14-5-1-3-12-7-9-20-11-15(12)14/h1-11H. The van der Waals surface area contributed by atoms with Gasteiger partial charge in [0, 0.05) is 39.4 Å². The minimum atomic E-state index is 0.985. The normalized spacial score (nSPS) is 11.1. The molecule has 0 atom stereocenters. The van der Waals surface area contributed by atoms with Crippen LogP contribution in [0.1, 0.15) is 0 Å². The maximum absolute atomic E-state index is 4.63. The summed E-state index contributed by atoms with van der Waals surface area (Å²) in [6.07, 6.45) is 5.58. The average Bonchev–Trinajstić information content (AvgIpc) is 2.54. The van der Waals surface area contributed by atoms with Crippen LogP contribution in [0.5, 0.6) is 0 Å². The third kappa shape index (κ3) is 2.01. The van der Waals surface area contributed by atoms with Gasteiger partial charge < -0.3 is 0 Å². The molecule has 0 saturated heterocycles. The number of hydrogen-bond acceptors (Lipinski definition) is 2. The lowest BCUT2D eigenvalue weighted by molar-refractivity contribution is 1.34. The van der Waals surface area contributed by atoms with Crippen molar-refractivity contribution in [3.63, 3.8) is 0 Å². The third-order valence-electron chi connectivity index (χ3n) is 3.68. The molecule has 0 fully saturated rings. The van der Waals surface area contributed by atoms with Gasteiger partial charge in [-0.25, -0.2) is 0 Å². The molecular weight excluding hydrogens is 324 g/mol. The molecule has 4 aromatic rings. The lowest BCUT2D eigenvalue weighted by Gasteiger charge is -2.10. The SMILES string of the molecule is Brc1cccc2ccnc(-c3cccc4ccncc34)c12. The largest absolute Gasteiger partial charge is 0.264 e. The van der Waals surface area contributed by atoms with Crippen LogP contribution in [-0.2, 0) is 0 Å². The summed E-state index contributed by atoms with van der Waals surface area (Å²) in [7, 11) is 0. The van der Waals surface area contributed by atoms with E-state index < -0.39 is 0 Å². The van der Waals surface area contributed by atoms with E-state index >= 15 is 0 Å². The molecule has 0 aliphatic carbocycles. The molecular formula is C18H11BrN2. The van der Waals surface area contributed by atoms with Gasteiger partial charge in [-0.1, -0.05) is 46.3 Å². The van der Waals surface area contributed by atoms with Crippen LogP contribution in [0.4, 0.5) is 0 Å². The highest BCUT2D eigenvalue weighted by atomic mass is 79.9. The van der Waals surface area contributed by atoms with Crippen molar-refractivity contribution in [2.45, 2.75) is 0 Å². The minimum absolute atomic E-state index is 0.985. The number of hydrogen-bond donors (Lipinski definition) is 0. The van der Waals surface area contributed by atoms with Gasteiger partial charge in [0.2, 0.25) is 0 Å². The van der Waals surface area contributed by atoms with Crippen LogP contribution in [0, 0.1) is 0 Å². The zero-order valence-corrected chi connectivity index (χ0v) is 12.7. The molecule has 4 rings (SSSR count). The quantitative estimate of drug-likeness (QED) is 0.477. The Balaban J connectivity index is 2.15. The fourth-order valence-electron chi connectivity index (χ4n) is 2.71. The highest BCUT2D eigenvalue weighted by molar-refractivity contribution is 9.10. The Labute approximate surface area is 130 Å². The van der Waals surface area contributed by atoms with Gasteiger partial charge >= 0.3 is 0 Å². The average molecular weight is 335 g/mol. The van der Waals surface area contributed by atoms with Gasteiger partial charge in [0.05, 0.1) is 5.69 Å². The van der Waals surface area contributed by atoms with E-state index in [9.17, 15) is 0 Å². The van der Waals surface area contributed by atoms with Gasteiger partial charge in [0.25, 0.3) is 0 Å². The molecule has 0 saturated carbocycles. The predicted molar refractivity (Wildman–Crippen MR) is 90.2 cm³/mol. The molecule has 0 bridgehead atoms. The molecule has 3 heteroatoms.